The second-order valence-corrected chi connectivity index (χ2v) is 3.60. The van der Waals surface area contributed by atoms with Gasteiger partial charge in [0.25, 0.3) is 0 Å². The van der Waals surface area contributed by atoms with E-state index in [0.29, 0.717) is 5.69 Å². The molecule has 1 aliphatic rings. The van der Waals surface area contributed by atoms with Crippen LogP contribution in [0.3, 0.4) is 0 Å². The Balaban J connectivity index is 2.30. The van der Waals surface area contributed by atoms with E-state index in [9.17, 15) is 8.78 Å². The van der Waals surface area contributed by atoms with E-state index < -0.39 is 12.3 Å². The van der Waals surface area contributed by atoms with Gasteiger partial charge in [-0.25, -0.2) is 8.78 Å². The van der Waals surface area contributed by atoms with Crippen LogP contribution in [0.4, 0.5) is 8.78 Å². The first-order valence-corrected chi connectivity index (χ1v) is 4.78. The maximum absolute atomic E-state index is 12.6. The van der Waals surface area contributed by atoms with Crippen LogP contribution in [0.15, 0.2) is 0 Å². The predicted molar refractivity (Wildman–Crippen MR) is 48.4 cm³/mol. The van der Waals surface area contributed by atoms with Gasteiger partial charge in [-0.2, -0.15) is 5.10 Å². The van der Waals surface area contributed by atoms with Gasteiger partial charge in [-0.05, 0) is 24.8 Å². The average molecular weight is 201 g/mol. The summed E-state index contributed by atoms with van der Waals surface area (Å²) in [6.45, 7) is -0.0467. The third-order valence-corrected chi connectivity index (χ3v) is 2.75. The zero-order chi connectivity index (χ0) is 10.1. The van der Waals surface area contributed by atoms with Crippen molar-refractivity contribution in [2.45, 2.75) is 31.6 Å². The number of aromatic amines is 1. The molecule has 14 heavy (non-hydrogen) atoms. The molecule has 2 rings (SSSR count). The van der Waals surface area contributed by atoms with Gasteiger partial charge < -0.3 is 5.73 Å². The Kier molecular flexibility index (Phi) is 2.50. The van der Waals surface area contributed by atoms with Crippen molar-refractivity contribution < 1.29 is 8.78 Å². The van der Waals surface area contributed by atoms with E-state index in [0.717, 1.165) is 30.5 Å². The van der Waals surface area contributed by atoms with E-state index in [4.69, 9.17) is 5.73 Å². The maximum atomic E-state index is 12.6. The van der Waals surface area contributed by atoms with Crippen molar-refractivity contribution >= 4 is 0 Å². The van der Waals surface area contributed by atoms with Gasteiger partial charge in [-0.1, -0.05) is 0 Å². The maximum Gasteiger partial charge on any atom is 0.248 e. The van der Waals surface area contributed by atoms with E-state index >= 15 is 0 Å². The summed E-state index contributed by atoms with van der Waals surface area (Å²) in [5.41, 5.74) is 7.79. The standard InChI is InChI=1S/C9H13F2N3/c10-9(11)6(4-12)8-5-2-1-3-7(5)13-14-8/h6,9H,1-4,12H2,(H,13,14). The number of hydrogen-bond acceptors (Lipinski definition) is 2. The number of alkyl halides is 2. The molecule has 3 N–H and O–H groups in total. The minimum atomic E-state index is -2.42. The van der Waals surface area contributed by atoms with Gasteiger partial charge in [0.15, 0.2) is 0 Å². The van der Waals surface area contributed by atoms with Crippen molar-refractivity contribution in [3.8, 4) is 0 Å². The molecule has 3 nitrogen and oxygen atoms in total. The van der Waals surface area contributed by atoms with Gasteiger partial charge in [0.05, 0.1) is 11.6 Å². The number of nitrogens with two attached hydrogens (primary N) is 1. The summed E-state index contributed by atoms with van der Waals surface area (Å²) < 4.78 is 25.2. The minimum Gasteiger partial charge on any atom is -0.330 e. The lowest BCUT2D eigenvalue weighted by molar-refractivity contribution is 0.115. The highest BCUT2D eigenvalue weighted by molar-refractivity contribution is 5.32. The molecule has 1 unspecified atom stereocenters. The number of H-pyrrole nitrogens is 1. The number of rotatable bonds is 3. The van der Waals surface area contributed by atoms with E-state index in [2.05, 4.69) is 10.2 Å². The molecule has 0 saturated heterocycles. The van der Waals surface area contributed by atoms with E-state index in [1.807, 2.05) is 0 Å². The number of aromatic nitrogens is 2. The Labute approximate surface area is 80.7 Å². The van der Waals surface area contributed by atoms with Crippen LogP contribution in [0.5, 0.6) is 0 Å². The Morgan fingerprint density at radius 1 is 1.43 bits per heavy atom. The van der Waals surface area contributed by atoms with Crippen LogP contribution in [0.1, 0.15) is 29.3 Å². The van der Waals surface area contributed by atoms with Crippen LogP contribution < -0.4 is 5.73 Å². The fourth-order valence-electron chi connectivity index (χ4n) is 1.99. The fraction of sp³-hybridized carbons (Fsp3) is 0.667. The van der Waals surface area contributed by atoms with E-state index in [-0.39, 0.29) is 6.54 Å². The lowest BCUT2D eigenvalue weighted by Gasteiger charge is -2.11. The van der Waals surface area contributed by atoms with Crippen LogP contribution in [0.2, 0.25) is 0 Å². The summed E-state index contributed by atoms with van der Waals surface area (Å²) in [4.78, 5) is 0. The highest BCUT2D eigenvalue weighted by Crippen LogP contribution is 2.30. The highest BCUT2D eigenvalue weighted by atomic mass is 19.3. The quantitative estimate of drug-likeness (QED) is 0.772. The Hall–Kier alpha value is -0.970. The SMILES string of the molecule is NCC(c1n[nH]c2c1CCC2)C(F)F. The van der Waals surface area contributed by atoms with Crippen LogP contribution in [-0.2, 0) is 12.8 Å². The van der Waals surface area contributed by atoms with Crippen molar-refractivity contribution in [1.29, 1.82) is 0 Å². The molecule has 0 radical (unpaired) electrons. The molecular formula is C9H13F2N3. The van der Waals surface area contributed by atoms with Gasteiger partial charge in [0.2, 0.25) is 6.43 Å². The topological polar surface area (TPSA) is 54.7 Å². The number of nitrogens with zero attached hydrogens (tertiary/aromatic N) is 1. The van der Waals surface area contributed by atoms with Gasteiger partial charge in [-0.15, -0.1) is 0 Å². The molecule has 0 fully saturated rings. The first-order chi connectivity index (χ1) is 6.74. The number of nitrogens with one attached hydrogen (secondary N) is 1. The molecule has 1 aromatic rings. The van der Waals surface area contributed by atoms with Crippen molar-refractivity contribution in [3.05, 3.63) is 17.0 Å². The molecule has 0 amide bonds. The predicted octanol–water partition coefficient (Wildman–Crippen LogP) is 1.21. The van der Waals surface area contributed by atoms with Crippen molar-refractivity contribution in [1.82, 2.24) is 10.2 Å². The first kappa shape index (κ1) is 9.58. The Morgan fingerprint density at radius 3 is 2.86 bits per heavy atom. The zero-order valence-corrected chi connectivity index (χ0v) is 7.76. The molecule has 1 aromatic heterocycles. The molecule has 0 bridgehead atoms. The average Bonchev–Trinajstić information content (AvgIpc) is 2.69. The molecule has 78 valence electrons. The Bertz CT molecular complexity index is 322. The molecule has 0 spiro atoms. The molecular weight excluding hydrogens is 188 g/mol. The number of fused-ring (bicyclic) bond motifs is 1. The summed E-state index contributed by atoms with van der Waals surface area (Å²) in [6.07, 6.45) is 0.373. The monoisotopic (exact) mass is 201 g/mol. The smallest absolute Gasteiger partial charge is 0.248 e. The van der Waals surface area contributed by atoms with Crippen LogP contribution in [0, 0.1) is 0 Å². The fourth-order valence-corrected chi connectivity index (χ4v) is 1.99. The van der Waals surface area contributed by atoms with Crippen molar-refractivity contribution in [2.75, 3.05) is 6.54 Å². The highest BCUT2D eigenvalue weighted by Gasteiger charge is 2.29. The van der Waals surface area contributed by atoms with E-state index in [1.165, 1.54) is 0 Å². The van der Waals surface area contributed by atoms with Gasteiger partial charge in [0.1, 0.15) is 0 Å². The lowest BCUT2D eigenvalue weighted by Crippen LogP contribution is -2.21. The van der Waals surface area contributed by atoms with Crippen LogP contribution in [-0.4, -0.2) is 23.2 Å². The first-order valence-electron chi connectivity index (χ1n) is 4.78. The number of halogens is 2. The van der Waals surface area contributed by atoms with Crippen LogP contribution >= 0.6 is 0 Å². The molecule has 5 heteroatoms. The second kappa shape index (κ2) is 3.65. The molecule has 1 aliphatic carbocycles. The molecule has 0 aromatic carbocycles. The third-order valence-electron chi connectivity index (χ3n) is 2.75. The zero-order valence-electron chi connectivity index (χ0n) is 7.76. The summed E-state index contributed by atoms with van der Waals surface area (Å²) in [5.74, 6) is -0.909. The van der Waals surface area contributed by atoms with Gasteiger partial charge >= 0.3 is 0 Å². The number of hydrogen-bond donors (Lipinski definition) is 2. The van der Waals surface area contributed by atoms with Crippen molar-refractivity contribution in [3.63, 3.8) is 0 Å². The summed E-state index contributed by atoms with van der Waals surface area (Å²) in [5, 5.41) is 6.76. The third kappa shape index (κ3) is 1.41. The van der Waals surface area contributed by atoms with Gasteiger partial charge in [0, 0.05) is 12.2 Å². The molecule has 1 atom stereocenters. The largest absolute Gasteiger partial charge is 0.330 e. The lowest BCUT2D eigenvalue weighted by atomic mass is 10.0. The van der Waals surface area contributed by atoms with Gasteiger partial charge in [-0.3, -0.25) is 5.10 Å². The van der Waals surface area contributed by atoms with Crippen LogP contribution in [0.25, 0.3) is 0 Å². The van der Waals surface area contributed by atoms with Crippen molar-refractivity contribution in [2.24, 2.45) is 5.73 Å². The molecule has 0 saturated carbocycles. The van der Waals surface area contributed by atoms with E-state index in [1.54, 1.807) is 0 Å². The molecule has 0 aliphatic heterocycles. The summed E-state index contributed by atoms with van der Waals surface area (Å²) >= 11 is 0. The summed E-state index contributed by atoms with van der Waals surface area (Å²) in [7, 11) is 0. The number of aryl methyl sites for hydroxylation is 1. The second-order valence-electron chi connectivity index (χ2n) is 3.60. The normalized spacial score (nSPS) is 17.4. The Morgan fingerprint density at radius 2 is 2.21 bits per heavy atom. The summed E-state index contributed by atoms with van der Waals surface area (Å²) in [6, 6.07) is 0. The minimum absolute atomic E-state index is 0.0467. The molecule has 1 heterocycles.